The van der Waals surface area contributed by atoms with Gasteiger partial charge in [0.15, 0.2) is 18.1 Å². The zero-order valence-corrected chi connectivity index (χ0v) is 16.1. The van der Waals surface area contributed by atoms with Crippen molar-refractivity contribution in [1.82, 2.24) is 4.90 Å². The number of nitrogens with zero attached hydrogens (tertiary/aromatic N) is 2. The molecular formula is C17H21BrN2O5. The van der Waals surface area contributed by atoms with Crippen LogP contribution in [0.25, 0.3) is 0 Å². The Hall–Kier alpha value is -2.27. The average Bonchev–Trinajstić information content (AvgIpc) is 2.61. The second-order valence-corrected chi connectivity index (χ2v) is 5.99. The number of amides is 1. The van der Waals surface area contributed by atoms with Crippen molar-refractivity contribution in [2.24, 2.45) is 0 Å². The van der Waals surface area contributed by atoms with E-state index in [0.29, 0.717) is 22.6 Å². The molecule has 0 unspecified atom stereocenters. The Morgan fingerprint density at radius 1 is 1.36 bits per heavy atom. The van der Waals surface area contributed by atoms with Gasteiger partial charge >= 0.3 is 5.97 Å². The van der Waals surface area contributed by atoms with Gasteiger partial charge in [-0.2, -0.15) is 5.26 Å². The summed E-state index contributed by atoms with van der Waals surface area (Å²) in [7, 11) is 3.02. The van der Waals surface area contributed by atoms with Crippen LogP contribution in [-0.4, -0.2) is 50.7 Å². The quantitative estimate of drug-likeness (QED) is 0.579. The third kappa shape index (κ3) is 6.27. The van der Waals surface area contributed by atoms with Gasteiger partial charge < -0.3 is 19.1 Å². The van der Waals surface area contributed by atoms with E-state index in [0.717, 1.165) is 6.42 Å². The minimum absolute atomic E-state index is 0.222. The maximum atomic E-state index is 12.2. The molecule has 1 aromatic carbocycles. The molecule has 0 saturated heterocycles. The number of carbonyl (C=O) groups is 2. The topological polar surface area (TPSA) is 88.9 Å². The molecular weight excluding hydrogens is 392 g/mol. The minimum atomic E-state index is -0.650. The molecule has 0 fully saturated rings. The Kier molecular flexibility index (Phi) is 8.78. The summed E-state index contributed by atoms with van der Waals surface area (Å²) in [5.41, 5.74) is 0.236. The molecule has 0 spiro atoms. The molecule has 0 aliphatic carbocycles. The van der Waals surface area contributed by atoms with E-state index in [-0.39, 0.29) is 24.4 Å². The van der Waals surface area contributed by atoms with Crippen LogP contribution in [0.5, 0.6) is 11.5 Å². The Bertz CT molecular complexity index is 657. The molecule has 0 heterocycles. The van der Waals surface area contributed by atoms with Crippen LogP contribution in [0.4, 0.5) is 0 Å². The van der Waals surface area contributed by atoms with Crippen LogP contribution in [0, 0.1) is 11.3 Å². The fourth-order valence-electron chi connectivity index (χ4n) is 1.85. The molecule has 0 bridgehead atoms. The summed E-state index contributed by atoms with van der Waals surface area (Å²) in [5, 5.41) is 8.52. The summed E-state index contributed by atoms with van der Waals surface area (Å²) in [5.74, 6) is -0.124. The van der Waals surface area contributed by atoms with E-state index >= 15 is 0 Å². The van der Waals surface area contributed by atoms with E-state index in [4.69, 9.17) is 19.5 Å². The number of rotatable bonds is 9. The van der Waals surface area contributed by atoms with Crippen LogP contribution in [0.2, 0.25) is 0 Å². The van der Waals surface area contributed by atoms with E-state index in [9.17, 15) is 9.59 Å². The molecule has 7 nitrogen and oxygen atoms in total. The Labute approximate surface area is 155 Å². The van der Waals surface area contributed by atoms with Crippen LogP contribution in [-0.2, 0) is 9.53 Å². The molecule has 136 valence electrons. The number of carbonyl (C=O) groups excluding carboxylic acids is 2. The van der Waals surface area contributed by atoms with Crippen LogP contribution in [0.1, 0.15) is 30.1 Å². The molecule has 0 N–H and O–H groups in total. The molecule has 1 amide bonds. The highest BCUT2D eigenvalue weighted by molar-refractivity contribution is 9.10. The van der Waals surface area contributed by atoms with Crippen LogP contribution < -0.4 is 9.47 Å². The van der Waals surface area contributed by atoms with E-state index in [2.05, 4.69) is 15.9 Å². The number of benzene rings is 1. The highest BCUT2D eigenvalue weighted by Crippen LogP contribution is 2.36. The van der Waals surface area contributed by atoms with Gasteiger partial charge in [-0.15, -0.1) is 0 Å². The van der Waals surface area contributed by atoms with Gasteiger partial charge in [-0.05, 0) is 34.5 Å². The fraction of sp³-hybridized carbons (Fsp3) is 0.471. The number of esters is 1. The Balaban J connectivity index is 2.77. The van der Waals surface area contributed by atoms with Gasteiger partial charge in [0.2, 0.25) is 0 Å². The second kappa shape index (κ2) is 10.6. The zero-order valence-electron chi connectivity index (χ0n) is 14.5. The van der Waals surface area contributed by atoms with Crippen molar-refractivity contribution in [3.05, 3.63) is 22.2 Å². The predicted molar refractivity (Wildman–Crippen MR) is 94.6 cm³/mol. The van der Waals surface area contributed by atoms with E-state index < -0.39 is 12.6 Å². The summed E-state index contributed by atoms with van der Waals surface area (Å²) in [6.45, 7) is 2.39. The van der Waals surface area contributed by atoms with Crippen molar-refractivity contribution in [2.75, 3.05) is 33.9 Å². The Morgan fingerprint density at radius 2 is 2.08 bits per heavy atom. The van der Waals surface area contributed by atoms with Crippen molar-refractivity contribution in [3.8, 4) is 17.6 Å². The molecule has 1 rings (SSSR count). The molecule has 0 atom stereocenters. The molecule has 0 radical (unpaired) electrons. The van der Waals surface area contributed by atoms with Crippen molar-refractivity contribution in [1.29, 1.82) is 5.26 Å². The SMILES string of the molecule is CCCOc1c(Br)cc(C(=O)OCC(=O)N(C)CCC#N)cc1OC. The molecule has 0 aliphatic heterocycles. The minimum Gasteiger partial charge on any atom is -0.493 e. The molecule has 25 heavy (non-hydrogen) atoms. The number of likely N-dealkylation sites (N-methyl/N-ethyl adjacent to an activating group) is 1. The van der Waals surface area contributed by atoms with Crippen LogP contribution in [0.3, 0.4) is 0 Å². The lowest BCUT2D eigenvalue weighted by atomic mass is 10.2. The van der Waals surface area contributed by atoms with Gasteiger partial charge in [-0.3, -0.25) is 4.79 Å². The molecule has 0 saturated carbocycles. The summed E-state index contributed by atoms with van der Waals surface area (Å²) in [4.78, 5) is 25.3. The van der Waals surface area contributed by atoms with E-state index in [1.807, 2.05) is 13.0 Å². The lowest BCUT2D eigenvalue weighted by Gasteiger charge is -2.16. The predicted octanol–water partition coefficient (Wildman–Crippen LogP) is 2.78. The van der Waals surface area contributed by atoms with Gasteiger partial charge in [-0.1, -0.05) is 6.92 Å². The molecule has 8 heteroatoms. The van der Waals surface area contributed by atoms with Crippen LogP contribution >= 0.6 is 15.9 Å². The fourth-order valence-corrected chi connectivity index (χ4v) is 2.40. The monoisotopic (exact) mass is 412 g/mol. The average molecular weight is 413 g/mol. The van der Waals surface area contributed by atoms with Crippen molar-refractivity contribution < 1.29 is 23.8 Å². The first-order valence-electron chi connectivity index (χ1n) is 7.72. The number of hydrogen-bond donors (Lipinski definition) is 0. The third-order valence-corrected chi connectivity index (χ3v) is 3.82. The number of nitriles is 1. The standard InChI is InChI=1S/C17H21BrN2O5/c1-4-8-24-16-13(18)9-12(10-14(16)23-3)17(22)25-11-15(21)20(2)7-5-6-19/h9-10H,4-5,7-8,11H2,1-3H3. The number of hydrogen-bond acceptors (Lipinski definition) is 6. The summed E-state index contributed by atoms with van der Waals surface area (Å²) in [6.07, 6.45) is 1.06. The highest BCUT2D eigenvalue weighted by atomic mass is 79.9. The summed E-state index contributed by atoms with van der Waals surface area (Å²) < 4.78 is 16.4. The Morgan fingerprint density at radius 3 is 2.68 bits per heavy atom. The number of methoxy groups -OCH3 is 1. The lowest BCUT2D eigenvalue weighted by Crippen LogP contribution is -2.31. The van der Waals surface area contributed by atoms with Crippen molar-refractivity contribution >= 4 is 27.8 Å². The normalized spacial score (nSPS) is 9.88. The van der Waals surface area contributed by atoms with Gasteiger partial charge in [-0.25, -0.2) is 4.79 Å². The molecule has 1 aromatic rings. The van der Waals surface area contributed by atoms with Crippen LogP contribution in [0.15, 0.2) is 16.6 Å². The van der Waals surface area contributed by atoms with Crippen molar-refractivity contribution in [2.45, 2.75) is 19.8 Å². The smallest absolute Gasteiger partial charge is 0.338 e. The maximum absolute atomic E-state index is 12.2. The number of ether oxygens (including phenoxy) is 3. The maximum Gasteiger partial charge on any atom is 0.338 e. The highest BCUT2D eigenvalue weighted by Gasteiger charge is 2.18. The first-order valence-corrected chi connectivity index (χ1v) is 8.52. The van der Waals surface area contributed by atoms with E-state index in [1.54, 1.807) is 13.1 Å². The summed E-state index contributed by atoms with van der Waals surface area (Å²) in [6, 6.07) is 5.01. The second-order valence-electron chi connectivity index (χ2n) is 5.14. The van der Waals surface area contributed by atoms with Gasteiger partial charge in [0, 0.05) is 13.6 Å². The van der Waals surface area contributed by atoms with Gasteiger partial charge in [0.1, 0.15) is 0 Å². The third-order valence-electron chi connectivity index (χ3n) is 3.23. The van der Waals surface area contributed by atoms with Crippen molar-refractivity contribution in [3.63, 3.8) is 0 Å². The molecule has 0 aromatic heterocycles. The zero-order chi connectivity index (χ0) is 18.8. The van der Waals surface area contributed by atoms with Gasteiger partial charge in [0.25, 0.3) is 5.91 Å². The molecule has 0 aliphatic rings. The summed E-state index contributed by atoms with van der Waals surface area (Å²) >= 11 is 3.35. The number of halogens is 1. The lowest BCUT2D eigenvalue weighted by molar-refractivity contribution is -0.133. The first-order chi connectivity index (χ1) is 11.9. The first kappa shape index (κ1) is 20.8. The largest absolute Gasteiger partial charge is 0.493 e. The van der Waals surface area contributed by atoms with Gasteiger partial charge in [0.05, 0.1) is 36.2 Å². The van der Waals surface area contributed by atoms with E-state index in [1.165, 1.54) is 18.1 Å².